The number of sulfone groups is 1. The number of nitrogens with one attached hydrogen (secondary N) is 1. The molecule has 14 nitrogen and oxygen atoms in total. The topological polar surface area (TPSA) is 144 Å². The molecule has 4 aliphatic rings. The lowest BCUT2D eigenvalue weighted by molar-refractivity contribution is 0.0241. The van der Waals surface area contributed by atoms with Crippen molar-refractivity contribution in [1.29, 1.82) is 0 Å². The van der Waals surface area contributed by atoms with Crippen LogP contribution in [0.3, 0.4) is 0 Å². The molecular weight excluding hydrogens is 788 g/mol. The predicted octanol–water partition coefficient (Wildman–Crippen LogP) is 6.15. The molecule has 3 aliphatic heterocycles. The van der Waals surface area contributed by atoms with Crippen LogP contribution >= 0.6 is 0 Å². The van der Waals surface area contributed by atoms with Gasteiger partial charge >= 0.3 is 12.2 Å². The molecule has 2 aromatic heterocycles. The number of fused-ring (bicyclic) bond motifs is 1. The lowest BCUT2D eigenvalue weighted by Gasteiger charge is -2.51. The van der Waals surface area contributed by atoms with Gasteiger partial charge in [-0.3, -0.25) is 9.58 Å². The third-order valence-corrected chi connectivity index (χ3v) is 14.9. The largest absolute Gasteiger partial charge is 0.453 e. The second-order valence-corrected chi connectivity index (χ2v) is 20.1. The number of nitrogens with zero attached hydrogens (tertiary/aromatic N) is 7. The molecule has 3 atom stereocenters. The lowest BCUT2D eigenvalue weighted by Crippen LogP contribution is -2.56. The first kappa shape index (κ1) is 41.8. The fourth-order valence-corrected chi connectivity index (χ4v) is 12.0. The summed E-state index contributed by atoms with van der Waals surface area (Å²) in [7, 11) is -0.817. The van der Waals surface area contributed by atoms with Gasteiger partial charge in [-0.25, -0.2) is 27.4 Å². The number of anilines is 1. The highest BCUT2D eigenvalue weighted by atomic mass is 32.2. The first-order chi connectivity index (χ1) is 28.6. The third kappa shape index (κ3) is 8.24. The number of rotatable bonds is 11. The Hall–Kier alpha value is -4.96. The quantitative estimate of drug-likeness (QED) is 0.187. The number of halogens is 1. The van der Waals surface area contributed by atoms with Crippen molar-refractivity contribution in [3.05, 3.63) is 90.0 Å². The second-order valence-electron chi connectivity index (χ2n) is 18.1. The molecule has 322 valence electrons. The Morgan fingerprint density at radius 3 is 2.45 bits per heavy atom. The molecular formula is C44H57FN8O6S. The summed E-state index contributed by atoms with van der Waals surface area (Å²) in [4.78, 5) is 37.0. The van der Waals surface area contributed by atoms with Crippen LogP contribution in [0.25, 0.3) is 0 Å². The summed E-state index contributed by atoms with van der Waals surface area (Å²) in [6.07, 6.45) is 12.1. The molecule has 16 heteroatoms. The van der Waals surface area contributed by atoms with Crippen LogP contribution in [0.5, 0.6) is 0 Å². The van der Waals surface area contributed by atoms with Crippen molar-refractivity contribution in [3.63, 3.8) is 0 Å². The van der Waals surface area contributed by atoms with Crippen molar-refractivity contribution in [3.8, 4) is 0 Å². The van der Waals surface area contributed by atoms with Gasteiger partial charge in [-0.1, -0.05) is 18.6 Å². The van der Waals surface area contributed by atoms with Gasteiger partial charge in [0.2, 0.25) is 9.84 Å². The van der Waals surface area contributed by atoms with E-state index in [9.17, 15) is 18.0 Å². The molecule has 0 unspecified atom stereocenters. The van der Waals surface area contributed by atoms with Gasteiger partial charge in [0.05, 0.1) is 37.6 Å². The molecule has 3 fully saturated rings. The highest BCUT2D eigenvalue weighted by molar-refractivity contribution is 7.91. The van der Waals surface area contributed by atoms with Crippen LogP contribution < -0.4 is 10.2 Å². The molecule has 8 rings (SSSR count). The lowest BCUT2D eigenvalue weighted by atomic mass is 9.58. The normalized spacial score (nSPS) is 21.4. The fraction of sp³-hybridized carbons (Fsp3) is 0.545. The third-order valence-electron chi connectivity index (χ3n) is 13.2. The van der Waals surface area contributed by atoms with E-state index in [4.69, 9.17) is 9.47 Å². The molecule has 1 N–H and O–H groups in total. The van der Waals surface area contributed by atoms with E-state index in [2.05, 4.69) is 35.8 Å². The molecule has 0 bridgehead atoms. The first-order valence-corrected chi connectivity index (χ1v) is 22.5. The molecule has 0 spiro atoms. The number of alkyl carbamates (subject to hydrolysis) is 1. The maximum absolute atomic E-state index is 15.2. The van der Waals surface area contributed by atoms with Crippen LogP contribution in [0.15, 0.2) is 77.3 Å². The summed E-state index contributed by atoms with van der Waals surface area (Å²) < 4.78 is 57.3. The maximum atomic E-state index is 15.2. The average molecular weight is 845 g/mol. The van der Waals surface area contributed by atoms with Gasteiger partial charge in [0.25, 0.3) is 0 Å². The SMILES string of the molecule is COC(=O)N[C@H]1CCC[C@@H]1[C@](Cn1ccnc1)(c1cccc(F)c1)C1CCN(CC2CN(c3ccc(S(=O)(=O)c4cnn(C)c4)c4c3CN(C(=O)OC(C)(C)C)C4)C2)CC1. The number of hydrogen-bond acceptors (Lipinski definition) is 10. The second kappa shape index (κ2) is 16.5. The van der Waals surface area contributed by atoms with Crippen molar-refractivity contribution in [1.82, 2.24) is 34.4 Å². The van der Waals surface area contributed by atoms with E-state index >= 15 is 4.39 Å². The monoisotopic (exact) mass is 844 g/mol. The zero-order chi connectivity index (χ0) is 42.4. The summed E-state index contributed by atoms with van der Waals surface area (Å²) in [5, 5.41) is 7.25. The van der Waals surface area contributed by atoms with E-state index in [-0.39, 0.29) is 46.6 Å². The summed E-state index contributed by atoms with van der Waals surface area (Å²) in [5.41, 5.74) is 2.21. The summed E-state index contributed by atoms with van der Waals surface area (Å²) in [5.74, 6) is 0.425. The number of aryl methyl sites for hydroxylation is 1. The summed E-state index contributed by atoms with van der Waals surface area (Å²) >= 11 is 0. The number of ether oxygens (including phenoxy) is 2. The maximum Gasteiger partial charge on any atom is 0.410 e. The Kier molecular flexibility index (Phi) is 11.5. The number of carbonyl (C=O) groups excluding carboxylic acids is 2. The molecule has 2 amide bonds. The predicted molar refractivity (Wildman–Crippen MR) is 222 cm³/mol. The number of hydrogen-bond donors (Lipinski definition) is 1. The molecule has 60 heavy (non-hydrogen) atoms. The van der Waals surface area contributed by atoms with Crippen LogP contribution in [-0.4, -0.2) is 101 Å². The van der Waals surface area contributed by atoms with E-state index in [0.29, 0.717) is 18.0 Å². The standard InChI is InChI=1S/C44H57FN8O6S/c1-43(2,3)59-42(55)53-26-35-36(27-53)40(60(56,57)34-21-47-49(4)25-34)13-12-39(35)52-23-30(24-52)22-50-17-14-31(15-18-50)44(28-51-19-16-46-29-51,32-8-6-9-33(45)20-32)37-10-7-11-38(37)48-41(54)58-5/h6,8-9,12-13,16,19-21,25,29-31,37-38H,7,10-11,14-15,17-18,22-24,26-28H2,1-5H3,(H,48,54)/t37-,38-,44-/m0/s1. The Bertz CT molecular complexity index is 2300. The molecule has 4 aromatic rings. The zero-order valence-electron chi connectivity index (χ0n) is 35.2. The van der Waals surface area contributed by atoms with Gasteiger partial charge in [-0.15, -0.1) is 0 Å². The van der Waals surface area contributed by atoms with Crippen molar-refractivity contribution in [2.24, 2.45) is 24.8 Å². The van der Waals surface area contributed by atoms with Gasteiger partial charge in [-0.2, -0.15) is 5.10 Å². The van der Waals surface area contributed by atoms with Gasteiger partial charge in [-0.05, 0) is 107 Å². The molecule has 2 aromatic carbocycles. The highest BCUT2D eigenvalue weighted by Gasteiger charge is 2.52. The molecule has 5 heterocycles. The van der Waals surface area contributed by atoms with Crippen LogP contribution in [0.2, 0.25) is 0 Å². The van der Waals surface area contributed by atoms with E-state index < -0.39 is 33.0 Å². The Morgan fingerprint density at radius 2 is 1.78 bits per heavy atom. The first-order valence-electron chi connectivity index (χ1n) is 21.0. The van der Waals surface area contributed by atoms with Crippen LogP contribution in [0.1, 0.15) is 69.6 Å². The number of benzene rings is 2. The highest BCUT2D eigenvalue weighted by Crippen LogP contribution is 2.52. The van der Waals surface area contributed by atoms with E-state index in [0.717, 1.165) is 81.6 Å². The van der Waals surface area contributed by atoms with Crippen molar-refractivity contribution >= 4 is 27.7 Å². The van der Waals surface area contributed by atoms with Gasteiger partial charge in [0, 0.05) is 80.4 Å². The summed E-state index contributed by atoms with van der Waals surface area (Å²) in [6.45, 7) is 10.8. The average Bonchev–Trinajstić information content (AvgIpc) is 4.03. The number of methoxy groups -OCH3 is 1. The van der Waals surface area contributed by atoms with E-state index in [1.54, 1.807) is 36.3 Å². The smallest absolute Gasteiger partial charge is 0.410 e. The summed E-state index contributed by atoms with van der Waals surface area (Å²) in [6, 6.07) is 10.5. The fourth-order valence-electron chi connectivity index (χ4n) is 10.5. The Labute approximate surface area is 351 Å². The van der Waals surface area contributed by atoms with Gasteiger partial charge in [0.15, 0.2) is 0 Å². The van der Waals surface area contributed by atoms with Gasteiger partial charge < -0.3 is 29.2 Å². The van der Waals surface area contributed by atoms with Crippen LogP contribution in [0, 0.1) is 23.6 Å². The number of carbonyl (C=O) groups is 2. The molecule has 1 saturated carbocycles. The van der Waals surface area contributed by atoms with Crippen LogP contribution in [-0.2, 0) is 51.4 Å². The van der Waals surface area contributed by atoms with E-state index in [1.165, 1.54) is 30.3 Å². The van der Waals surface area contributed by atoms with Gasteiger partial charge in [0.1, 0.15) is 16.3 Å². The van der Waals surface area contributed by atoms with Crippen molar-refractivity contribution in [2.45, 2.75) is 99.4 Å². The Morgan fingerprint density at radius 1 is 1.02 bits per heavy atom. The minimum absolute atomic E-state index is 0.0660. The minimum Gasteiger partial charge on any atom is -0.453 e. The Balaban J connectivity index is 0.992. The molecule has 0 radical (unpaired) electrons. The van der Waals surface area contributed by atoms with Crippen molar-refractivity contribution in [2.75, 3.05) is 44.7 Å². The number of aromatic nitrogens is 4. The van der Waals surface area contributed by atoms with Crippen molar-refractivity contribution < 1.29 is 31.9 Å². The minimum atomic E-state index is -3.89. The molecule has 2 saturated heterocycles. The number of likely N-dealkylation sites (tertiary alicyclic amines) is 1. The number of piperidine rings is 1. The number of imidazole rings is 1. The number of amides is 2. The zero-order valence-corrected chi connectivity index (χ0v) is 36.0. The molecule has 1 aliphatic carbocycles. The van der Waals surface area contributed by atoms with Crippen LogP contribution in [0.4, 0.5) is 19.7 Å². The van der Waals surface area contributed by atoms with E-state index in [1.807, 2.05) is 39.4 Å².